The van der Waals surface area contributed by atoms with Crippen LogP contribution in [0.2, 0.25) is 0 Å². The van der Waals surface area contributed by atoms with E-state index in [2.05, 4.69) is 21.2 Å². The van der Waals surface area contributed by atoms with Crippen LogP contribution in [0.1, 0.15) is 50.3 Å². The van der Waals surface area contributed by atoms with Gasteiger partial charge in [-0.3, -0.25) is 19.2 Å². The van der Waals surface area contributed by atoms with Gasteiger partial charge in [-0.15, -0.1) is 0 Å². The summed E-state index contributed by atoms with van der Waals surface area (Å²) in [5.41, 5.74) is 0.0303. The zero-order valence-electron chi connectivity index (χ0n) is 29.2. The topological polar surface area (TPSA) is 135 Å². The number of nitrogens with zero attached hydrogens (tertiary/aromatic N) is 2. The van der Waals surface area contributed by atoms with E-state index >= 15 is 4.79 Å². The first-order chi connectivity index (χ1) is 24.6. The molecule has 12 heteroatoms. The fraction of sp³-hybridized carbons (Fsp3) is 0.487. The van der Waals surface area contributed by atoms with Crippen molar-refractivity contribution in [1.82, 2.24) is 15.1 Å². The molecule has 272 valence electrons. The summed E-state index contributed by atoms with van der Waals surface area (Å²) in [5, 5.41) is 13.7. The smallest absolute Gasteiger partial charge is 0.313 e. The average molecular weight is 765 g/mol. The average Bonchev–Trinajstić information content (AvgIpc) is 3.72. The number of carbonyl (C=O) groups is 4. The monoisotopic (exact) mass is 763 g/mol. The van der Waals surface area contributed by atoms with Crippen LogP contribution in [0.5, 0.6) is 0 Å². The largest absolute Gasteiger partial charge is 0.455 e. The van der Waals surface area contributed by atoms with Crippen molar-refractivity contribution in [2.75, 3.05) is 26.9 Å². The maximum absolute atomic E-state index is 15.1. The Morgan fingerprint density at radius 1 is 1.00 bits per heavy atom. The molecule has 11 nitrogen and oxygen atoms in total. The molecule has 51 heavy (non-hydrogen) atoms. The standard InChI is InChI=1S/C39H46BrN3O8/c1-24(2)19-27(22-44)43-35-37(47)42(21-25-13-7-4-8-14-25)18-12-6-11-17-30(45)41-29(23-49-3)33(26-15-9-5-10-16-26)50-38(48)31-32(36(43)46)39(35)20-28(40)34(31)51-39/h4-10,12-16,20,24,27,29,31-35,44H,11,17-19,21-23H2,1-3H3,(H,41,45)/b12-6-/t27-,29-,31+,32-,33-,34+,35+,39-/m1/s1. The third kappa shape index (κ3) is 7.28. The summed E-state index contributed by atoms with van der Waals surface area (Å²) in [6.45, 7) is 4.12. The van der Waals surface area contributed by atoms with Crippen molar-refractivity contribution in [1.29, 1.82) is 0 Å². The molecule has 8 atom stereocenters. The van der Waals surface area contributed by atoms with E-state index in [9.17, 15) is 19.5 Å². The lowest BCUT2D eigenvalue weighted by Crippen LogP contribution is -2.58. The number of nitrogens with one attached hydrogen (secondary N) is 1. The predicted octanol–water partition coefficient (Wildman–Crippen LogP) is 4.06. The molecule has 2 aromatic carbocycles. The minimum Gasteiger partial charge on any atom is -0.455 e. The van der Waals surface area contributed by atoms with E-state index in [1.807, 2.05) is 86.7 Å². The van der Waals surface area contributed by atoms with Crippen LogP contribution in [0.3, 0.4) is 0 Å². The highest BCUT2D eigenvalue weighted by Crippen LogP contribution is 2.59. The van der Waals surface area contributed by atoms with Gasteiger partial charge in [-0.05, 0) is 36.0 Å². The number of methoxy groups -OCH3 is 1. The van der Waals surface area contributed by atoms with Gasteiger partial charge in [0.25, 0.3) is 0 Å². The second kappa shape index (κ2) is 15.8. The summed E-state index contributed by atoms with van der Waals surface area (Å²) in [6, 6.07) is 16.0. The van der Waals surface area contributed by atoms with Crippen molar-refractivity contribution in [3.8, 4) is 0 Å². The maximum atomic E-state index is 15.1. The molecule has 4 aliphatic rings. The molecule has 0 saturated carbocycles. The number of halogens is 1. The first kappa shape index (κ1) is 36.9. The highest BCUT2D eigenvalue weighted by Gasteiger charge is 2.75. The molecular weight excluding hydrogens is 718 g/mol. The summed E-state index contributed by atoms with van der Waals surface area (Å²) in [7, 11) is 1.51. The third-order valence-corrected chi connectivity index (χ3v) is 10.9. The number of hydrogen-bond acceptors (Lipinski definition) is 8. The van der Waals surface area contributed by atoms with Gasteiger partial charge in [0.15, 0.2) is 0 Å². The number of esters is 1. The van der Waals surface area contributed by atoms with Crippen molar-refractivity contribution in [3.63, 3.8) is 0 Å². The number of amides is 3. The Hall–Kier alpha value is -3.84. The van der Waals surface area contributed by atoms with E-state index < -0.39 is 59.6 Å². The molecule has 2 N–H and O–H groups in total. The zero-order chi connectivity index (χ0) is 36.3. The molecule has 0 unspecified atom stereocenters. The number of hydrogen-bond donors (Lipinski definition) is 2. The summed E-state index contributed by atoms with van der Waals surface area (Å²) in [5.74, 6) is -3.86. The lowest BCUT2D eigenvalue weighted by molar-refractivity contribution is -0.163. The van der Waals surface area contributed by atoms with Crippen molar-refractivity contribution in [3.05, 3.63) is 94.5 Å². The first-order valence-corrected chi connectivity index (χ1v) is 18.4. The Morgan fingerprint density at radius 2 is 1.71 bits per heavy atom. The van der Waals surface area contributed by atoms with E-state index in [1.165, 1.54) is 12.0 Å². The SMILES string of the molecule is COC[C@H]1NC(=O)CC/C=C\CN(Cc2ccccc2)C(=O)[C@@H]2N([C@@H](CO)CC(C)C)C(=O)[C@H]3[C@H](C(=O)O[C@@H]1c1ccccc1)[C@H]1O[C@@]23C=C1Br. The number of fused-ring (bicyclic) bond motifs is 2. The van der Waals surface area contributed by atoms with Crippen LogP contribution in [0.25, 0.3) is 0 Å². The van der Waals surface area contributed by atoms with Crippen LogP contribution < -0.4 is 5.32 Å². The normalized spacial score (nSPS) is 31.0. The van der Waals surface area contributed by atoms with Crippen molar-refractivity contribution in [2.45, 2.75) is 75.6 Å². The van der Waals surface area contributed by atoms with E-state index in [-0.39, 0.29) is 50.5 Å². The van der Waals surface area contributed by atoms with Gasteiger partial charge in [-0.1, -0.05) is 103 Å². The fourth-order valence-electron chi connectivity index (χ4n) is 8.05. The van der Waals surface area contributed by atoms with Gasteiger partial charge in [-0.25, -0.2) is 0 Å². The molecule has 0 radical (unpaired) electrons. The number of aliphatic hydroxyl groups is 1. The second-order valence-corrected chi connectivity index (χ2v) is 15.1. The van der Waals surface area contributed by atoms with E-state index in [0.29, 0.717) is 22.9 Å². The number of cyclic esters (lactones) is 1. The molecule has 4 heterocycles. The van der Waals surface area contributed by atoms with E-state index in [4.69, 9.17) is 14.2 Å². The molecule has 3 amide bonds. The van der Waals surface area contributed by atoms with Crippen LogP contribution in [0.4, 0.5) is 0 Å². The van der Waals surface area contributed by atoms with E-state index in [0.717, 1.165) is 5.56 Å². The molecule has 2 aromatic rings. The zero-order valence-corrected chi connectivity index (χ0v) is 30.7. The second-order valence-electron chi connectivity index (χ2n) is 14.2. The van der Waals surface area contributed by atoms with Gasteiger partial charge in [0.2, 0.25) is 17.7 Å². The Bertz CT molecular complexity index is 1650. The molecule has 1 spiro atoms. The number of likely N-dealkylation sites (tertiary alicyclic amines) is 1. The molecule has 4 aliphatic heterocycles. The third-order valence-electron chi connectivity index (χ3n) is 10.2. The molecule has 2 fully saturated rings. The predicted molar refractivity (Wildman–Crippen MR) is 192 cm³/mol. The van der Waals surface area contributed by atoms with Crippen LogP contribution in [-0.2, 0) is 39.9 Å². The lowest BCUT2D eigenvalue weighted by Gasteiger charge is -2.39. The highest BCUT2D eigenvalue weighted by atomic mass is 79.9. The van der Waals surface area contributed by atoms with Crippen molar-refractivity contribution < 1.29 is 38.5 Å². The maximum Gasteiger partial charge on any atom is 0.313 e. The van der Waals surface area contributed by atoms with E-state index in [1.54, 1.807) is 11.0 Å². The quantitative estimate of drug-likeness (QED) is 0.289. The van der Waals surface area contributed by atoms with Crippen LogP contribution in [-0.4, -0.2) is 95.3 Å². The van der Waals surface area contributed by atoms with Gasteiger partial charge >= 0.3 is 5.97 Å². The Morgan fingerprint density at radius 3 is 2.37 bits per heavy atom. The number of rotatable bonds is 9. The van der Waals surface area contributed by atoms with Gasteiger partial charge in [0, 0.05) is 31.1 Å². The molecule has 0 aliphatic carbocycles. The summed E-state index contributed by atoms with van der Waals surface area (Å²) >= 11 is 3.62. The molecule has 6 rings (SSSR count). The Balaban J connectivity index is 1.48. The minimum atomic E-state index is -1.50. The lowest BCUT2D eigenvalue weighted by atomic mass is 9.74. The summed E-state index contributed by atoms with van der Waals surface area (Å²) in [6.07, 6.45) is 4.65. The summed E-state index contributed by atoms with van der Waals surface area (Å²) < 4.78 is 19.1. The molecular formula is C39H46BrN3O8. The van der Waals surface area contributed by atoms with Gasteiger partial charge < -0.3 is 34.4 Å². The van der Waals surface area contributed by atoms with Crippen molar-refractivity contribution in [2.24, 2.45) is 17.8 Å². The molecule has 5 bridgehead atoms. The number of carbonyl (C=O) groups excluding carboxylic acids is 4. The number of allylic oxidation sites excluding steroid dienone is 1. The van der Waals surface area contributed by atoms with Crippen molar-refractivity contribution >= 4 is 39.6 Å². The first-order valence-electron chi connectivity index (χ1n) is 17.6. The number of benzene rings is 2. The van der Waals surface area contributed by atoms with Gasteiger partial charge in [-0.2, -0.15) is 0 Å². The van der Waals surface area contributed by atoms with Crippen LogP contribution in [0, 0.1) is 17.8 Å². The minimum absolute atomic E-state index is 0.0566. The molecule has 2 saturated heterocycles. The van der Waals surface area contributed by atoms with Crippen LogP contribution >= 0.6 is 15.9 Å². The number of aliphatic hydroxyl groups excluding tert-OH is 1. The number of ether oxygens (including phenoxy) is 3. The Kier molecular flexibility index (Phi) is 11.5. The van der Waals surface area contributed by atoms with Crippen LogP contribution in [0.15, 0.2) is 83.4 Å². The summed E-state index contributed by atoms with van der Waals surface area (Å²) in [4.78, 5) is 60.9. The Labute approximate surface area is 307 Å². The highest BCUT2D eigenvalue weighted by molar-refractivity contribution is 9.11. The molecule has 0 aromatic heterocycles. The fourth-order valence-corrected chi connectivity index (χ4v) is 8.79. The van der Waals surface area contributed by atoms with Gasteiger partial charge in [0.1, 0.15) is 29.8 Å². The van der Waals surface area contributed by atoms with Gasteiger partial charge in [0.05, 0.1) is 31.2 Å².